The maximum absolute atomic E-state index is 12.4. The van der Waals surface area contributed by atoms with E-state index in [-0.39, 0.29) is 5.91 Å². The molecule has 1 aliphatic carbocycles. The highest BCUT2D eigenvalue weighted by Gasteiger charge is 2.24. The molecule has 0 saturated heterocycles. The molecule has 0 spiro atoms. The standard InChI is InChI=1S/C18H18N2OS/c1-11-3-6-15(12(2)7-11)19-18(21)16-8-13-9-20(14-4-5-14)10-17(13)22-16/h3,6-10,14H,4-5H2,1-2H3,(H,19,21). The van der Waals surface area contributed by atoms with Gasteiger partial charge in [-0.1, -0.05) is 17.7 Å². The fourth-order valence-corrected chi connectivity index (χ4v) is 3.76. The number of aromatic nitrogens is 1. The highest BCUT2D eigenvalue weighted by molar-refractivity contribution is 7.20. The largest absolute Gasteiger partial charge is 0.349 e. The lowest BCUT2D eigenvalue weighted by atomic mass is 10.1. The zero-order valence-electron chi connectivity index (χ0n) is 12.7. The summed E-state index contributed by atoms with van der Waals surface area (Å²) in [6, 6.07) is 8.76. The molecular formula is C18H18N2OS. The van der Waals surface area contributed by atoms with Crippen molar-refractivity contribution >= 4 is 33.0 Å². The van der Waals surface area contributed by atoms with E-state index in [1.807, 2.05) is 25.1 Å². The van der Waals surface area contributed by atoms with Gasteiger partial charge in [-0.3, -0.25) is 4.79 Å². The Labute approximate surface area is 133 Å². The first-order valence-electron chi connectivity index (χ1n) is 7.60. The Balaban J connectivity index is 1.57. The van der Waals surface area contributed by atoms with Crippen LogP contribution in [0, 0.1) is 13.8 Å². The average molecular weight is 310 g/mol. The van der Waals surface area contributed by atoms with Crippen LogP contribution in [0.15, 0.2) is 36.7 Å². The molecule has 1 N–H and O–H groups in total. The molecule has 1 aromatic carbocycles. The van der Waals surface area contributed by atoms with Crippen molar-refractivity contribution in [3.8, 4) is 0 Å². The number of aryl methyl sites for hydroxylation is 2. The molecule has 0 bridgehead atoms. The smallest absolute Gasteiger partial charge is 0.265 e. The van der Waals surface area contributed by atoms with E-state index in [9.17, 15) is 4.79 Å². The zero-order valence-corrected chi connectivity index (χ0v) is 13.5. The van der Waals surface area contributed by atoms with Gasteiger partial charge in [0.15, 0.2) is 0 Å². The summed E-state index contributed by atoms with van der Waals surface area (Å²) in [5, 5.41) is 4.19. The lowest BCUT2D eigenvalue weighted by Crippen LogP contribution is -2.11. The molecule has 0 unspecified atom stereocenters. The Kier molecular flexibility index (Phi) is 3.08. The summed E-state index contributed by atoms with van der Waals surface area (Å²) >= 11 is 1.57. The quantitative estimate of drug-likeness (QED) is 0.733. The Morgan fingerprint density at radius 3 is 2.73 bits per heavy atom. The van der Waals surface area contributed by atoms with Crippen molar-refractivity contribution in [2.24, 2.45) is 0 Å². The summed E-state index contributed by atoms with van der Waals surface area (Å²) in [6.45, 7) is 4.08. The molecule has 3 aromatic rings. The van der Waals surface area contributed by atoms with E-state index in [1.54, 1.807) is 11.3 Å². The monoisotopic (exact) mass is 310 g/mol. The maximum atomic E-state index is 12.4. The van der Waals surface area contributed by atoms with Gasteiger partial charge in [0, 0.05) is 29.5 Å². The van der Waals surface area contributed by atoms with Gasteiger partial charge in [-0.25, -0.2) is 0 Å². The van der Waals surface area contributed by atoms with Gasteiger partial charge in [-0.2, -0.15) is 0 Å². The number of carbonyl (C=O) groups excluding carboxylic acids is 1. The highest BCUT2D eigenvalue weighted by atomic mass is 32.1. The van der Waals surface area contributed by atoms with Crippen LogP contribution in [0.4, 0.5) is 5.69 Å². The SMILES string of the molecule is Cc1ccc(NC(=O)c2cc3cn(C4CC4)cc3s2)c(C)c1. The van der Waals surface area contributed by atoms with Crippen molar-refractivity contribution < 1.29 is 4.79 Å². The molecule has 1 amide bonds. The highest BCUT2D eigenvalue weighted by Crippen LogP contribution is 2.38. The first-order valence-corrected chi connectivity index (χ1v) is 8.41. The number of nitrogens with zero attached hydrogens (tertiary/aromatic N) is 1. The Hall–Kier alpha value is -2.07. The second-order valence-electron chi connectivity index (χ2n) is 6.14. The number of carbonyl (C=O) groups is 1. The van der Waals surface area contributed by atoms with Gasteiger partial charge in [0.05, 0.1) is 9.58 Å². The minimum atomic E-state index is -0.0221. The minimum absolute atomic E-state index is 0.0221. The minimum Gasteiger partial charge on any atom is -0.349 e. The van der Waals surface area contributed by atoms with Crippen LogP contribution in [0.3, 0.4) is 0 Å². The van der Waals surface area contributed by atoms with Crippen LogP contribution in [-0.4, -0.2) is 10.5 Å². The molecule has 3 nitrogen and oxygen atoms in total. The van der Waals surface area contributed by atoms with E-state index in [1.165, 1.54) is 28.5 Å². The first-order chi connectivity index (χ1) is 10.6. The molecule has 0 atom stereocenters. The fraction of sp³-hybridized carbons (Fsp3) is 0.278. The molecule has 2 aromatic heterocycles. The third-order valence-corrected chi connectivity index (χ3v) is 5.25. The Morgan fingerprint density at radius 1 is 1.23 bits per heavy atom. The number of anilines is 1. The van der Waals surface area contributed by atoms with Gasteiger partial charge in [0.25, 0.3) is 5.91 Å². The summed E-state index contributed by atoms with van der Waals surface area (Å²) in [5.41, 5.74) is 3.18. The number of rotatable bonds is 3. The van der Waals surface area contributed by atoms with Crippen molar-refractivity contribution in [2.45, 2.75) is 32.7 Å². The summed E-state index contributed by atoms with van der Waals surface area (Å²) in [7, 11) is 0. The lowest BCUT2D eigenvalue weighted by molar-refractivity contribution is 0.103. The van der Waals surface area contributed by atoms with Gasteiger partial charge in [0.1, 0.15) is 0 Å². The second kappa shape index (κ2) is 4.99. The van der Waals surface area contributed by atoms with Crippen molar-refractivity contribution in [1.29, 1.82) is 0 Å². The Bertz CT molecular complexity index is 839. The third-order valence-electron chi connectivity index (χ3n) is 4.17. The van der Waals surface area contributed by atoms with Gasteiger partial charge < -0.3 is 9.88 Å². The molecular weight excluding hydrogens is 292 g/mol. The van der Waals surface area contributed by atoms with Gasteiger partial charge in [0.2, 0.25) is 0 Å². The maximum Gasteiger partial charge on any atom is 0.265 e. The van der Waals surface area contributed by atoms with Crippen LogP contribution in [0.25, 0.3) is 10.1 Å². The molecule has 0 aliphatic heterocycles. The molecule has 4 heteroatoms. The van der Waals surface area contributed by atoms with Gasteiger partial charge in [-0.05, 0) is 44.4 Å². The topological polar surface area (TPSA) is 34.0 Å². The summed E-state index contributed by atoms with van der Waals surface area (Å²) < 4.78 is 3.48. The number of hydrogen-bond acceptors (Lipinski definition) is 2. The van der Waals surface area contributed by atoms with Crippen LogP contribution >= 0.6 is 11.3 Å². The molecule has 1 aliphatic rings. The normalized spacial score (nSPS) is 14.5. The van der Waals surface area contributed by atoms with Crippen molar-refractivity contribution in [3.63, 3.8) is 0 Å². The zero-order chi connectivity index (χ0) is 15.3. The van der Waals surface area contributed by atoms with E-state index < -0.39 is 0 Å². The van der Waals surface area contributed by atoms with E-state index in [2.05, 4.69) is 35.3 Å². The molecule has 112 valence electrons. The molecule has 0 radical (unpaired) electrons. The van der Waals surface area contributed by atoms with Gasteiger partial charge >= 0.3 is 0 Å². The molecule has 2 heterocycles. The van der Waals surface area contributed by atoms with E-state index >= 15 is 0 Å². The number of benzene rings is 1. The summed E-state index contributed by atoms with van der Waals surface area (Å²) in [4.78, 5) is 13.2. The fourth-order valence-electron chi connectivity index (χ4n) is 2.79. The Morgan fingerprint density at radius 2 is 2.05 bits per heavy atom. The molecule has 1 saturated carbocycles. The number of nitrogens with one attached hydrogen (secondary N) is 1. The van der Waals surface area contributed by atoms with E-state index in [4.69, 9.17) is 0 Å². The average Bonchev–Trinajstić information content (AvgIpc) is 3.12. The van der Waals surface area contributed by atoms with Gasteiger partial charge in [-0.15, -0.1) is 11.3 Å². The molecule has 1 fully saturated rings. The molecule has 22 heavy (non-hydrogen) atoms. The van der Waals surface area contributed by atoms with Crippen LogP contribution in [0.5, 0.6) is 0 Å². The predicted molar refractivity (Wildman–Crippen MR) is 92.0 cm³/mol. The number of fused-ring (bicyclic) bond motifs is 1. The van der Waals surface area contributed by atoms with Crippen LogP contribution in [-0.2, 0) is 0 Å². The second-order valence-corrected chi connectivity index (χ2v) is 7.22. The van der Waals surface area contributed by atoms with E-state index in [0.717, 1.165) is 16.1 Å². The lowest BCUT2D eigenvalue weighted by Gasteiger charge is -2.08. The van der Waals surface area contributed by atoms with Crippen molar-refractivity contribution in [3.05, 3.63) is 52.7 Å². The van der Waals surface area contributed by atoms with E-state index in [0.29, 0.717) is 6.04 Å². The van der Waals surface area contributed by atoms with Crippen LogP contribution < -0.4 is 5.32 Å². The number of hydrogen-bond donors (Lipinski definition) is 1. The van der Waals surface area contributed by atoms with Crippen molar-refractivity contribution in [2.75, 3.05) is 5.32 Å². The number of thiophene rings is 1. The predicted octanol–water partition coefficient (Wildman–Crippen LogP) is 4.91. The van der Waals surface area contributed by atoms with Crippen molar-refractivity contribution in [1.82, 2.24) is 4.57 Å². The molecule has 4 rings (SSSR count). The number of amides is 1. The summed E-state index contributed by atoms with van der Waals surface area (Å²) in [6.07, 6.45) is 6.90. The summed E-state index contributed by atoms with van der Waals surface area (Å²) in [5.74, 6) is -0.0221. The third kappa shape index (κ3) is 2.44. The van der Waals surface area contributed by atoms with Crippen LogP contribution in [0.1, 0.15) is 39.7 Å². The van der Waals surface area contributed by atoms with Crippen LogP contribution in [0.2, 0.25) is 0 Å². The first kappa shape index (κ1) is 13.6.